The fourth-order valence-electron chi connectivity index (χ4n) is 1.79. The predicted molar refractivity (Wildman–Crippen MR) is 85.8 cm³/mol. The molecule has 1 aromatic heterocycles. The maximum Gasteiger partial charge on any atom is 0.252 e. The standard InChI is InChI=1S/C15H19N3OS/c1-3-12-9-14(19)18-15(16-12)17-13-7-5-11(6-8-13)10-20-4-2/h5-9H,3-4,10H2,1-2H3,(H2,16,17,18,19). The van der Waals surface area contributed by atoms with Crippen LogP contribution in [0.2, 0.25) is 0 Å². The first kappa shape index (κ1) is 14.7. The highest BCUT2D eigenvalue weighted by Gasteiger charge is 2.01. The molecule has 0 aliphatic rings. The summed E-state index contributed by atoms with van der Waals surface area (Å²) in [4.78, 5) is 18.5. The highest BCUT2D eigenvalue weighted by atomic mass is 32.2. The van der Waals surface area contributed by atoms with E-state index in [0.717, 1.165) is 29.3 Å². The van der Waals surface area contributed by atoms with Crippen molar-refractivity contribution >= 4 is 23.4 Å². The maximum atomic E-state index is 11.5. The summed E-state index contributed by atoms with van der Waals surface area (Å²) < 4.78 is 0. The van der Waals surface area contributed by atoms with Gasteiger partial charge in [0, 0.05) is 23.2 Å². The molecule has 0 saturated heterocycles. The molecule has 106 valence electrons. The van der Waals surface area contributed by atoms with Gasteiger partial charge in [-0.15, -0.1) is 0 Å². The third-order valence-electron chi connectivity index (χ3n) is 2.85. The summed E-state index contributed by atoms with van der Waals surface area (Å²) in [6, 6.07) is 9.71. The number of anilines is 2. The van der Waals surface area contributed by atoms with Gasteiger partial charge < -0.3 is 5.32 Å². The Kier molecular flexibility index (Phi) is 5.24. The van der Waals surface area contributed by atoms with Crippen LogP contribution >= 0.6 is 11.8 Å². The highest BCUT2D eigenvalue weighted by Crippen LogP contribution is 2.17. The van der Waals surface area contributed by atoms with Crippen LogP contribution in [0, 0.1) is 0 Å². The third-order valence-corrected chi connectivity index (χ3v) is 3.79. The van der Waals surface area contributed by atoms with Gasteiger partial charge in [0.15, 0.2) is 0 Å². The monoisotopic (exact) mass is 289 g/mol. The molecular weight excluding hydrogens is 270 g/mol. The van der Waals surface area contributed by atoms with Crippen molar-refractivity contribution in [3.05, 3.63) is 51.9 Å². The molecule has 0 atom stereocenters. The van der Waals surface area contributed by atoms with E-state index in [9.17, 15) is 4.79 Å². The average Bonchev–Trinajstić information content (AvgIpc) is 2.46. The van der Waals surface area contributed by atoms with Crippen LogP contribution in [0.1, 0.15) is 25.1 Å². The minimum Gasteiger partial charge on any atom is -0.326 e. The third kappa shape index (κ3) is 4.13. The van der Waals surface area contributed by atoms with Crippen LogP contribution in [0.15, 0.2) is 35.1 Å². The number of nitrogens with one attached hydrogen (secondary N) is 2. The molecule has 2 N–H and O–H groups in total. The van der Waals surface area contributed by atoms with E-state index in [0.29, 0.717) is 5.95 Å². The van der Waals surface area contributed by atoms with E-state index in [-0.39, 0.29) is 5.56 Å². The van der Waals surface area contributed by atoms with Crippen LogP contribution in [0.5, 0.6) is 0 Å². The summed E-state index contributed by atoms with van der Waals surface area (Å²) in [6.07, 6.45) is 0.742. The van der Waals surface area contributed by atoms with Crippen LogP contribution < -0.4 is 10.9 Å². The molecule has 0 spiro atoms. The van der Waals surface area contributed by atoms with Crippen LogP contribution in [-0.4, -0.2) is 15.7 Å². The van der Waals surface area contributed by atoms with Crippen molar-refractivity contribution in [2.24, 2.45) is 0 Å². The summed E-state index contributed by atoms with van der Waals surface area (Å²) in [5.74, 6) is 2.64. The van der Waals surface area contributed by atoms with E-state index in [4.69, 9.17) is 0 Å². The summed E-state index contributed by atoms with van der Waals surface area (Å²) in [5, 5.41) is 3.13. The van der Waals surface area contributed by atoms with Gasteiger partial charge in [0.1, 0.15) is 0 Å². The van der Waals surface area contributed by atoms with Gasteiger partial charge in [0.2, 0.25) is 5.95 Å². The van der Waals surface area contributed by atoms with Crippen molar-refractivity contribution in [3.8, 4) is 0 Å². The van der Waals surface area contributed by atoms with Gasteiger partial charge in [0.05, 0.1) is 0 Å². The van der Waals surface area contributed by atoms with Gasteiger partial charge in [0.25, 0.3) is 5.56 Å². The van der Waals surface area contributed by atoms with Crippen molar-refractivity contribution in [3.63, 3.8) is 0 Å². The Labute approximate surface area is 123 Å². The second kappa shape index (κ2) is 7.14. The molecule has 0 radical (unpaired) electrons. The SMILES string of the molecule is CCSCc1ccc(Nc2nc(CC)cc(=O)[nH]2)cc1. The number of hydrogen-bond donors (Lipinski definition) is 2. The molecule has 0 amide bonds. The molecule has 0 fully saturated rings. The lowest BCUT2D eigenvalue weighted by Crippen LogP contribution is -2.11. The van der Waals surface area contributed by atoms with E-state index in [1.807, 2.05) is 30.8 Å². The minimum atomic E-state index is -0.129. The van der Waals surface area contributed by atoms with Crippen LogP contribution in [0.4, 0.5) is 11.6 Å². The highest BCUT2D eigenvalue weighted by molar-refractivity contribution is 7.98. The van der Waals surface area contributed by atoms with E-state index in [1.165, 1.54) is 11.6 Å². The number of rotatable bonds is 6. The lowest BCUT2D eigenvalue weighted by Gasteiger charge is -2.07. The molecule has 2 rings (SSSR count). The predicted octanol–water partition coefficient (Wildman–Crippen LogP) is 3.33. The van der Waals surface area contributed by atoms with Gasteiger partial charge in [-0.05, 0) is 29.9 Å². The Bertz CT molecular complexity index is 607. The Morgan fingerprint density at radius 3 is 2.65 bits per heavy atom. The van der Waals surface area contributed by atoms with Crippen molar-refractivity contribution in [2.45, 2.75) is 26.0 Å². The van der Waals surface area contributed by atoms with Gasteiger partial charge in [-0.2, -0.15) is 11.8 Å². The molecule has 4 nitrogen and oxygen atoms in total. The first-order valence-corrected chi connectivity index (χ1v) is 7.90. The van der Waals surface area contributed by atoms with Crippen molar-refractivity contribution < 1.29 is 0 Å². The van der Waals surface area contributed by atoms with E-state index in [2.05, 4.69) is 34.3 Å². The summed E-state index contributed by atoms with van der Waals surface area (Å²) >= 11 is 1.90. The molecule has 0 saturated carbocycles. The average molecular weight is 289 g/mol. The second-order valence-electron chi connectivity index (χ2n) is 4.40. The number of benzene rings is 1. The number of aryl methyl sites for hydroxylation is 1. The number of hydrogen-bond acceptors (Lipinski definition) is 4. The van der Waals surface area contributed by atoms with E-state index < -0.39 is 0 Å². The number of nitrogens with zero attached hydrogens (tertiary/aromatic N) is 1. The molecule has 1 aromatic carbocycles. The Morgan fingerprint density at radius 2 is 2.00 bits per heavy atom. The summed E-state index contributed by atoms with van der Waals surface area (Å²) in [5.41, 5.74) is 2.88. The largest absolute Gasteiger partial charge is 0.326 e. The first-order valence-electron chi connectivity index (χ1n) is 6.75. The van der Waals surface area contributed by atoms with Crippen molar-refractivity contribution in [2.75, 3.05) is 11.1 Å². The van der Waals surface area contributed by atoms with Gasteiger partial charge >= 0.3 is 0 Å². The molecule has 0 aliphatic heterocycles. The number of thioether (sulfide) groups is 1. The molecule has 0 bridgehead atoms. The first-order chi connectivity index (χ1) is 9.71. The molecular formula is C15H19N3OS. The topological polar surface area (TPSA) is 57.8 Å². The smallest absolute Gasteiger partial charge is 0.252 e. The van der Waals surface area contributed by atoms with Crippen LogP contribution in [0.3, 0.4) is 0 Å². The summed E-state index contributed by atoms with van der Waals surface area (Å²) in [7, 11) is 0. The van der Waals surface area contributed by atoms with Gasteiger partial charge in [-0.1, -0.05) is 26.0 Å². The Morgan fingerprint density at radius 1 is 1.25 bits per heavy atom. The fourth-order valence-corrected chi connectivity index (χ4v) is 2.42. The summed E-state index contributed by atoms with van der Waals surface area (Å²) in [6.45, 7) is 4.13. The van der Waals surface area contributed by atoms with Crippen LogP contribution in [0.25, 0.3) is 0 Å². The number of aromatic nitrogens is 2. The Balaban J connectivity index is 2.09. The molecule has 1 heterocycles. The second-order valence-corrected chi connectivity index (χ2v) is 5.67. The van der Waals surface area contributed by atoms with Crippen molar-refractivity contribution in [1.29, 1.82) is 0 Å². The Hall–Kier alpha value is -1.75. The molecule has 0 aliphatic carbocycles. The molecule has 0 unspecified atom stereocenters. The number of H-pyrrole nitrogens is 1. The van der Waals surface area contributed by atoms with Crippen molar-refractivity contribution in [1.82, 2.24) is 9.97 Å². The lowest BCUT2D eigenvalue weighted by atomic mass is 10.2. The zero-order valence-corrected chi connectivity index (χ0v) is 12.6. The van der Waals surface area contributed by atoms with Gasteiger partial charge in [-0.3, -0.25) is 9.78 Å². The molecule has 5 heteroatoms. The van der Waals surface area contributed by atoms with Gasteiger partial charge in [-0.25, -0.2) is 4.98 Å². The number of aromatic amines is 1. The maximum absolute atomic E-state index is 11.5. The zero-order valence-electron chi connectivity index (χ0n) is 11.8. The molecule has 2 aromatic rings. The van der Waals surface area contributed by atoms with E-state index in [1.54, 1.807) is 0 Å². The lowest BCUT2D eigenvalue weighted by molar-refractivity contribution is 0.986. The molecule has 20 heavy (non-hydrogen) atoms. The fraction of sp³-hybridized carbons (Fsp3) is 0.333. The quantitative estimate of drug-likeness (QED) is 0.856. The minimum absolute atomic E-state index is 0.129. The van der Waals surface area contributed by atoms with Crippen LogP contribution in [-0.2, 0) is 12.2 Å². The normalized spacial score (nSPS) is 10.5. The zero-order chi connectivity index (χ0) is 14.4. The van der Waals surface area contributed by atoms with E-state index >= 15 is 0 Å².